The Morgan fingerprint density at radius 2 is 1.16 bits per heavy atom. The van der Waals surface area contributed by atoms with Crippen molar-refractivity contribution in [3.8, 4) is 11.5 Å². The second-order valence-corrected chi connectivity index (χ2v) is 10.3. The Hall–Kier alpha value is -2.24. The van der Waals surface area contributed by atoms with E-state index in [-0.39, 0.29) is 24.0 Å². The van der Waals surface area contributed by atoms with Crippen LogP contribution < -0.4 is 9.47 Å². The Morgan fingerprint density at radius 3 is 1.47 bits per heavy atom. The lowest BCUT2D eigenvalue weighted by Gasteiger charge is -2.35. The lowest BCUT2D eigenvalue weighted by molar-refractivity contribution is -0.175. The third-order valence-corrected chi connectivity index (χ3v) is 7.16. The minimum atomic E-state index is -1.23. The molecule has 0 bridgehead atoms. The van der Waals surface area contributed by atoms with Gasteiger partial charge in [-0.1, -0.05) is 80.4 Å². The highest BCUT2D eigenvalue weighted by atomic mass is 16.6. The van der Waals surface area contributed by atoms with Crippen molar-refractivity contribution in [2.45, 2.75) is 80.4 Å². The van der Waals surface area contributed by atoms with Gasteiger partial charge in [-0.25, -0.2) is 9.59 Å². The van der Waals surface area contributed by atoms with Crippen LogP contribution in [0.2, 0.25) is 0 Å². The van der Waals surface area contributed by atoms with E-state index in [9.17, 15) is 9.59 Å². The van der Waals surface area contributed by atoms with Gasteiger partial charge in [0, 0.05) is 10.8 Å². The van der Waals surface area contributed by atoms with Gasteiger partial charge in [0.15, 0.2) is 11.5 Å². The van der Waals surface area contributed by atoms with Crippen LogP contribution in [0.3, 0.4) is 0 Å². The Morgan fingerprint density at radius 1 is 0.812 bits per heavy atom. The monoisotopic (exact) mass is 448 g/mol. The Labute approximate surface area is 193 Å². The van der Waals surface area contributed by atoms with Crippen LogP contribution in [0.15, 0.2) is 24.3 Å². The summed E-state index contributed by atoms with van der Waals surface area (Å²) in [5.74, 6) is 0.281. The number of carbonyl (C=O) groups is 2. The summed E-state index contributed by atoms with van der Waals surface area (Å²) in [6.45, 7) is 17.2. The minimum absolute atomic E-state index is 0.200. The molecule has 0 saturated heterocycles. The summed E-state index contributed by atoms with van der Waals surface area (Å²) in [6.07, 6.45) is -0.502. The maximum absolute atomic E-state index is 13.0. The second-order valence-electron chi connectivity index (χ2n) is 10.3. The SMILES string of the molecule is CCC(C)C(C)(C)COC(=O)C1Oc2ccccc2OC1C(=O)OCC(C)(C)C(C)CC. The largest absolute Gasteiger partial charge is 0.470 e. The van der Waals surface area contributed by atoms with Gasteiger partial charge >= 0.3 is 11.9 Å². The fraction of sp³-hybridized carbons (Fsp3) is 0.692. The van der Waals surface area contributed by atoms with Gasteiger partial charge in [-0.3, -0.25) is 0 Å². The van der Waals surface area contributed by atoms with E-state index in [4.69, 9.17) is 18.9 Å². The number of benzene rings is 1. The quantitative estimate of drug-likeness (QED) is 0.445. The zero-order valence-corrected chi connectivity index (χ0v) is 20.9. The Balaban J connectivity index is 2.16. The highest BCUT2D eigenvalue weighted by Crippen LogP contribution is 2.36. The standard InChI is InChI=1S/C26H40O6/c1-9-17(3)25(5,6)15-29-23(27)21-22(32-20-14-12-11-13-19(20)31-21)24(28)30-16-26(7,8)18(4)10-2/h11-14,17-18,21-22H,9-10,15-16H2,1-8H3. The van der Waals surface area contributed by atoms with Crippen molar-refractivity contribution in [2.24, 2.45) is 22.7 Å². The number of rotatable bonds is 10. The number of hydrogen-bond acceptors (Lipinski definition) is 6. The van der Waals surface area contributed by atoms with Gasteiger partial charge in [0.2, 0.25) is 12.2 Å². The van der Waals surface area contributed by atoms with Crippen LogP contribution in [0, 0.1) is 22.7 Å². The van der Waals surface area contributed by atoms with Crippen LogP contribution in [0.4, 0.5) is 0 Å². The number of carbonyl (C=O) groups excluding carboxylic acids is 2. The molecule has 4 atom stereocenters. The molecule has 0 aliphatic carbocycles. The van der Waals surface area contributed by atoms with Gasteiger partial charge in [0.05, 0.1) is 13.2 Å². The van der Waals surface area contributed by atoms with E-state index < -0.39 is 24.1 Å². The molecule has 0 radical (unpaired) electrons. The van der Waals surface area contributed by atoms with Crippen LogP contribution in [-0.4, -0.2) is 37.4 Å². The number of para-hydroxylation sites is 2. The van der Waals surface area contributed by atoms with E-state index in [0.29, 0.717) is 23.3 Å². The maximum Gasteiger partial charge on any atom is 0.352 e. The first-order chi connectivity index (χ1) is 14.9. The first kappa shape index (κ1) is 26.0. The maximum atomic E-state index is 13.0. The van der Waals surface area contributed by atoms with Crippen molar-refractivity contribution in [1.29, 1.82) is 0 Å². The lowest BCUT2D eigenvalue weighted by atomic mass is 9.79. The van der Waals surface area contributed by atoms with E-state index >= 15 is 0 Å². The van der Waals surface area contributed by atoms with Crippen molar-refractivity contribution < 1.29 is 28.5 Å². The highest BCUT2D eigenvalue weighted by Gasteiger charge is 2.45. The van der Waals surface area contributed by atoms with Crippen LogP contribution in [-0.2, 0) is 19.1 Å². The third kappa shape index (κ3) is 6.17. The topological polar surface area (TPSA) is 71.1 Å². The summed E-state index contributed by atoms with van der Waals surface area (Å²) in [7, 11) is 0. The predicted molar refractivity (Wildman–Crippen MR) is 124 cm³/mol. The minimum Gasteiger partial charge on any atom is -0.470 e. The van der Waals surface area contributed by atoms with Crippen LogP contribution >= 0.6 is 0 Å². The number of esters is 2. The van der Waals surface area contributed by atoms with E-state index in [1.807, 2.05) is 0 Å². The summed E-state index contributed by atoms with van der Waals surface area (Å²) >= 11 is 0. The molecular weight excluding hydrogens is 408 g/mol. The molecule has 4 unspecified atom stereocenters. The summed E-state index contributed by atoms with van der Waals surface area (Å²) < 4.78 is 23.0. The van der Waals surface area contributed by atoms with E-state index in [0.717, 1.165) is 12.8 Å². The van der Waals surface area contributed by atoms with E-state index in [1.54, 1.807) is 24.3 Å². The first-order valence-electron chi connectivity index (χ1n) is 11.7. The van der Waals surface area contributed by atoms with Crippen molar-refractivity contribution in [3.05, 3.63) is 24.3 Å². The molecule has 1 aliphatic rings. The molecule has 32 heavy (non-hydrogen) atoms. The second kappa shape index (κ2) is 10.6. The molecule has 1 heterocycles. The summed E-state index contributed by atoms with van der Waals surface area (Å²) in [6, 6.07) is 6.96. The summed E-state index contributed by atoms with van der Waals surface area (Å²) in [5.41, 5.74) is -0.400. The molecule has 1 aromatic carbocycles. The van der Waals surface area contributed by atoms with Gasteiger partial charge in [-0.05, 0) is 24.0 Å². The normalized spacial score (nSPS) is 20.2. The zero-order valence-electron chi connectivity index (χ0n) is 20.9. The van der Waals surface area contributed by atoms with Gasteiger partial charge in [-0.2, -0.15) is 0 Å². The highest BCUT2D eigenvalue weighted by molar-refractivity contribution is 5.87. The van der Waals surface area contributed by atoms with E-state index in [1.165, 1.54) is 0 Å². The van der Waals surface area contributed by atoms with Crippen molar-refractivity contribution >= 4 is 11.9 Å². The number of fused-ring (bicyclic) bond motifs is 1. The predicted octanol–water partition coefficient (Wildman–Crippen LogP) is 5.43. The molecule has 0 aromatic heterocycles. The molecule has 0 saturated carbocycles. The van der Waals surface area contributed by atoms with Crippen LogP contribution in [0.25, 0.3) is 0 Å². The molecule has 0 fully saturated rings. The average Bonchev–Trinajstić information content (AvgIpc) is 2.78. The molecule has 2 rings (SSSR count). The van der Waals surface area contributed by atoms with Gasteiger partial charge in [-0.15, -0.1) is 0 Å². The molecule has 6 nitrogen and oxygen atoms in total. The van der Waals surface area contributed by atoms with Gasteiger partial charge in [0.1, 0.15) is 0 Å². The Kier molecular flexibility index (Phi) is 8.60. The molecule has 1 aliphatic heterocycles. The van der Waals surface area contributed by atoms with Crippen LogP contribution in [0.5, 0.6) is 11.5 Å². The van der Waals surface area contributed by atoms with E-state index in [2.05, 4.69) is 55.4 Å². The zero-order chi connectivity index (χ0) is 24.1. The summed E-state index contributed by atoms with van der Waals surface area (Å²) in [4.78, 5) is 26.0. The van der Waals surface area contributed by atoms with Crippen molar-refractivity contribution in [1.82, 2.24) is 0 Å². The van der Waals surface area contributed by atoms with Gasteiger partial charge in [0.25, 0.3) is 0 Å². The molecule has 1 aromatic rings. The lowest BCUT2D eigenvalue weighted by Crippen LogP contribution is -2.52. The fourth-order valence-corrected chi connectivity index (χ4v) is 3.45. The molecule has 0 N–H and O–H groups in total. The van der Waals surface area contributed by atoms with Crippen molar-refractivity contribution in [3.63, 3.8) is 0 Å². The first-order valence-corrected chi connectivity index (χ1v) is 11.7. The van der Waals surface area contributed by atoms with Crippen LogP contribution in [0.1, 0.15) is 68.2 Å². The molecule has 180 valence electrons. The third-order valence-electron chi connectivity index (χ3n) is 7.16. The number of ether oxygens (including phenoxy) is 4. The van der Waals surface area contributed by atoms with Crippen molar-refractivity contribution in [2.75, 3.05) is 13.2 Å². The summed E-state index contributed by atoms with van der Waals surface area (Å²) in [5, 5.41) is 0. The number of hydrogen-bond donors (Lipinski definition) is 0. The molecule has 0 amide bonds. The molecule has 0 spiro atoms. The molecular formula is C26H40O6. The molecule has 6 heteroatoms. The van der Waals surface area contributed by atoms with Gasteiger partial charge < -0.3 is 18.9 Å². The average molecular weight is 449 g/mol. The smallest absolute Gasteiger partial charge is 0.352 e. The Bertz CT molecular complexity index is 719. The fourth-order valence-electron chi connectivity index (χ4n) is 3.45.